The molecule has 0 aliphatic heterocycles. The maximum atomic E-state index is 11.5. The van der Waals surface area contributed by atoms with Crippen molar-refractivity contribution in [3.05, 3.63) is 57.7 Å². The molecule has 0 aliphatic carbocycles. The van der Waals surface area contributed by atoms with Crippen molar-refractivity contribution < 1.29 is 9.53 Å². The van der Waals surface area contributed by atoms with Crippen LogP contribution in [0.4, 0.5) is 0 Å². The van der Waals surface area contributed by atoms with Crippen LogP contribution >= 0.6 is 22.6 Å². The molecule has 0 fully saturated rings. The molecule has 0 N–H and O–H groups in total. The Morgan fingerprint density at radius 1 is 1.00 bits per heavy atom. The Morgan fingerprint density at radius 2 is 1.50 bits per heavy atom. The van der Waals surface area contributed by atoms with Crippen molar-refractivity contribution in [2.75, 3.05) is 6.61 Å². The van der Waals surface area contributed by atoms with E-state index < -0.39 is 0 Å². The summed E-state index contributed by atoms with van der Waals surface area (Å²) in [5.41, 5.74) is 2.83. The molecule has 0 unspecified atom stereocenters. The van der Waals surface area contributed by atoms with E-state index in [9.17, 15) is 4.79 Å². The first-order valence-electron chi connectivity index (χ1n) is 5.74. The first kappa shape index (κ1) is 13.1. The summed E-state index contributed by atoms with van der Waals surface area (Å²) >= 11 is 2.28. The van der Waals surface area contributed by atoms with Crippen molar-refractivity contribution in [2.45, 2.75) is 6.92 Å². The molecule has 2 rings (SSSR count). The number of halogens is 1. The fraction of sp³-hybridized carbons (Fsp3) is 0.133. The summed E-state index contributed by atoms with van der Waals surface area (Å²) in [5.74, 6) is -0.272. The number of ether oxygens (including phenoxy) is 1. The monoisotopic (exact) mass is 352 g/mol. The van der Waals surface area contributed by atoms with E-state index in [0.717, 1.165) is 11.1 Å². The number of benzene rings is 2. The van der Waals surface area contributed by atoms with Crippen LogP contribution in [-0.2, 0) is 4.74 Å². The number of esters is 1. The fourth-order valence-electron chi connectivity index (χ4n) is 1.66. The fourth-order valence-corrected chi connectivity index (χ4v) is 2.02. The Balaban J connectivity index is 2.22. The van der Waals surface area contributed by atoms with Gasteiger partial charge in [0.1, 0.15) is 0 Å². The highest BCUT2D eigenvalue weighted by Crippen LogP contribution is 2.21. The zero-order valence-corrected chi connectivity index (χ0v) is 12.2. The van der Waals surface area contributed by atoms with Gasteiger partial charge in [-0.1, -0.05) is 24.3 Å². The lowest BCUT2D eigenvalue weighted by Gasteiger charge is -2.04. The number of carbonyl (C=O) groups is 1. The lowest BCUT2D eigenvalue weighted by molar-refractivity contribution is 0.0526. The molecule has 0 spiro atoms. The highest BCUT2D eigenvalue weighted by molar-refractivity contribution is 14.1. The van der Waals surface area contributed by atoms with Crippen molar-refractivity contribution in [2.24, 2.45) is 0 Å². The van der Waals surface area contributed by atoms with Gasteiger partial charge in [-0.05, 0) is 64.9 Å². The molecule has 0 atom stereocenters. The van der Waals surface area contributed by atoms with Gasteiger partial charge in [-0.2, -0.15) is 0 Å². The summed E-state index contributed by atoms with van der Waals surface area (Å²) in [6.45, 7) is 2.20. The summed E-state index contributed by atoms with van der Waals surface area (Å²) in [6, 6.07) is 15.7. The number of rotatable bonds is 3. The van der Waals surface area contributed by atoms with Gasteiger partial charge in [-0.25, -0.2) is 4.79 Å². The van der Waals surface area contributed by atoms with Crippen molar-refractivity contribution in [3.8, 4) is 11.1 Å². The quantitative estimate of drug-likeness (QED) is 0.613. The summed E-state index contributed by atoms with van der Waals surface area (Å²) in [4.78, 5) is 11.5. The van der Waals surface area contributed by atoms with E-state index in [1.54, 1.807) is 19.1 Å². The van der Waals surface area contributed by atoms with E-state index in [4.69, 9.17) is 4.74 Å². The lowest BCUT2D eigenvalue weighted by Crippen LogP contribution is -2.03. The van der Waals surface area contributed by atoms with Gasteiger partial charge in [0.15, 0.2) is 0 Å². The minimum atomic E-state index is -0.272. The van der Waals surface area contributed by atoms with E-state index >= 15 is 0 Å². The van der Waals surface area contributed by atoms with Crippen LogP contribution in [0.3, 0.4) is 0 Å². The maximum absolute atomic E-state index is 11.5. The average Bonchev–Trinajstić information content (AvgIpc) is 2.40. The van der Waals surface area contributed by atoms with Gasteiger partial charge in [0.05, 0.1) is 12.2 Å². The van der Waals surface area contributed by atoms with Crippen LogP contribution in [-0.4, -0.2) is 12.6 Å². The minimum absolute atomic E-state index is 0.272. The van der Waals surface area contributed by atoms with Crippen LogP contribution < -0.4 is 0 Å². The zero-order chi connectivity index (χ0) is 13.0. The molecule has 2 aromatic rings. The second-order valence-electron chi connectivity index (χ2n) is 3.80. The van der Waals surface area contributed by atoms with Crippen molar-refractivity contribution in [1.29, 1.82) is 0 Å². The van der Waals surface area contributed by atoms with E-state index in [-0.39, 0.29) is 5.97 Å². The smallest absolute Gasteiger partial charge is 0.338 e. The molecule has 18 heavy (non-hydrogen) atoms. The molecule has 3 heteroatoms. The van der Waals surface area contributed by atoms with Gasteiger partial charge in [0.2, 0.25) is 0 Å². The highest BCUT2D eigenvalue weighted by atomic mass is 127. The third-order valence-corrected chi connectivity index (χ3v) is 3.29. The third-order valence-electron chi connectivity index (χ3n) is 2.57. The minimum Gasteiger partial charge on any atom is -0.462 e. The molecule has 0 saturated carbocycles. The Kier molecular flexibility index (Phi) is 4.36. The van der Waals surface area contributed by atoms with E-state index in [0.29, 0.717) is 12.2 Å². The van der Waals surface area contributed by atoms with Gasteiger partial charge >= 0.3 is 5.97 Å². The first-order chi connectivity index (χ1) is 8.70. The molecule has 0 aromatic heterocycles. The van der Waals surface area contributed by atoms with Crippen LogP contribution in [0.1, 0.15) is 17.3 Å². The molecule has 0 bridgehead atoms. The summed E-state index contributed by atoms with van der Waals surface area (Å²) in [5, 5.41) is 0. The molecule has 0 amide bonds. The van der Waals surface area contributed by atoms with Gasteiger partial charge < -0.3 is 4.74 Å². The van der Waals surface area contributed by atoms with E-state index in [1.165, 1.54) is 3.57 Å². The van der Waals surface area contributed by atoms with Crippen LogP contribution in [0.5, 0.6) is 0 Å². The SMILES string of the molecule is CCOC(=O)c1ccc(-c2ccc(I)cc2)cc1. The van der Waals surface area contributed by atoms with Crippen molar-refractivity contribution in [3.63, 3.8) is 0 Å². The highest BCUT2D eigenvalue weighted by Gasteiger charge is 2.06. The average molecular weight is 352 g/mol. The largest absolute Gasteiger partial charge is 0.462 e. The molecule has 0 aliphatic rings. The van der Waals surface area contributed by atoms with Crippen molar-refractivity contribution >= 4 is 28.6 Å². The molecule has 0 heterocycles. The van der Waals surface area contributed by atoms with Gasteiger partial charge in [-0.15, -0.1) is 0 Å². The Hall–Kier alpha value is -1.36. The second-order valence-corrected chi connectivity index (χ2v) is 5.05. The van der Waals surface area contributed by atoms with Crippen LogP contribution in [0, 0.1) is 3.57 Å². The zero-order valence-electron chi connectivity index (χ0n) is 10.0. The summed E-state index contributed by atoms with van der Waals surface area (Å²) in [7, 11) is 0. The number of carbonyl (C=O) groups excluding carboxylic acids is 1. The first-order valence-corrected chi connectivity index (χ1v) is 6.81. The molecule has 92 valence electrons. The molecule has 0 radical (unpaired) electrons. The second kappa shape index (κ2) is 6.00. The predicted molar refractivity (Wildman–Crippen MR) is 80.6 cm³/mol. The molecule has 0 saturated heterocycles. The van der Waals surface area contributed by atoms with Crippen LogP contribution in [0.2, 0.25) is 0 Å². The Labute approximate surface area is 120 Å². The normalized spacial score (nSPS) is 10.1. The van der Waals surface area contributed by atoms with E-state index in [1.807, 2.05) is 12.1 Å². The Bertz CT molecular complexity index is 529. The Morgan fingerprint density at radius 3 is 2.00 bits per heavy atom. The lowest BCUT2D eigenvalue weighted by atomic mass is 10.0. The molecule has 2 aromatic carbocycles. The molecule has 2 nitrogen and oxygen atoms in total. The molecular weight excluding hydrogens is 339 g/mol. The van der Waals surface area contributed by atoms with Crippen LogP contribution in [0.25, 0.3) is 11.1 Å². The van der Waals surface area contributed by atoms with Crippen LogP contribution in [0.15, 0.2) is 48.5 Å². The standard InChI is InChI=1S/C15H13IO2/c1-2-18-15(17)13-5-3-11(4-6-13)12-7-9-14(16)10-8-12/h3-10H,2H2,1H3. The number of hydrogen-bond acceptors (Lipinski definition) is 2. The van der Waals surface area contributed by atoms with Gasteiger partial charge in [-0.3, -0.25) is 0 Å². The topological polar surface area (TPSA) is 26.3 Å². The van der Waals surface area contributed by atoms with Gasteiger partial charge in [0.25, 0.3) is 0 Å². The number of hydrogen-bond donors (Lipinski definition) is 0. The van der Waals surface area contributed by atoms with E-state index in [2.05, 4.69) is 46.9 Å². The van der Waals surface area contributed by atoms with Crippen molar-refractivity contribution in [1.82, 2.24) is 0 Å². The predicted octanol–water partition coefficient (Wildman–Crippen LogP) is 4.13. The maximum Gasteiger partial charge on any atom is 0.338 e. The summed E-state index contributed by atoms with van der Waals surface area (Å²) < 4.78 is 6.16. The molecular formula is C15H13IO2. The van der Waals surface area contributed by atoms with Gasteiger partial charge in [0, 0.05) is 3.57 Å². The third kappa shape index (κ3) is 3.10. The summed E-state index contributed by atoms with van der Waals surface area (Å²) in [6.07, 6.45) is 0.